The van der Waals surface area contributed by atoms with Crippen LogP contribution in [0.3, 0.4) is 0 Å². The van der Waals surface area contributed by atoms with E-state index in [0.29, 0.717) is 5.56 Å². The number of esters is 2. The molecule has 0 aliphatic carbocycles. The van der Waals surface area contributed by atoms with E-state index in [4.69, 9.17) is 9.47 Å². The van der Waals surface area contributed by atoms with Crippen LogP contribution in [0.15, 0.2) is 27.7 Å². The Morgan fingerprint density at radius 3 is 2.38 bits per heavy atom. The van der Waals surface area contributed by atoms with Crippen molar-refractivity contribution in [3.63, 3.8) is 0 Å². The van der Waals surface area contributed by atoms with Crippen molar-refractivity contribution < 1.29 is 24.2 Å². The minimum absolute atomic E-state index is 0.0200. The minimum atomic E-state index is -1.40. The molecule has 0 bridgehead atoms. The molecule has 0 spiro atoms. The fourth-order valence-corrected chi connectivity index (χ4v) is 1.82. The Labute approximate surface area is 130 Å². The number of hydrogen-bond donors (Lipinski definition) is 1. The maximum Gasteiger partial charge on any atom is 0.342 e. The third-order valence-electron chi connectivity index (χ3n) is 2.37. The van der Waals surface area contributed by atoms with Crippen molar-refractivity contribution in [1.29, 1.82) is 0 Å². The first kappa shape index (κ1) is 17.2. The molecule has 0 fully saturated rings. The minimum Gasteiger partial charge on any atom is -0.507 e. The Balaban J connectivity index is 2.99. The van der Waals surface area contributed by atoms with Crippen molar-refractivity contribution in [3.8, 4) is 5.75 Å². The highest BCUT2D eigenvalue weighted by Crippen LogP contribution is 2.20. The number of carbonyl (C=O) groups is 2. The van der Waals surface area contributed by atoms with Crippen LogP contribution in [0, 0.1) is 0 Å². The SMILES string of the molecule is CCOC(=O)C(N=Cc1cc(Br)ccc1O)C(=O)OCC. The summed E-state index contributed by atoms with van der Waals surface area (Å²) >= 11 is 3.25. The van der Waals surface area contributed by atoms with E-state index in [9.17, 15) is 14.7 Å². The van der Waals surface area contributed by atoms with E-state index < -0.39 is 18.0 Å². The van der Waals surface area contributed by atoms with Crippen molar-refractivity contribution in [2.24, 2.45) is 4.99 Å². The van der Waals surface area contributed by atoms with Gasteiger partial charge in [-0.25, -0.2) is 9.59 Å². The van der Waals surface area contributed by atoms with E-state index >= 15 is 0 Å². The first-order valence-corrected chi connectivity index (χ1v) is 7.13. The summed E-state index contributed by atoms with van der Waals surface area (Å²) in [6.45, 7) is 3.52. The molecule has 0 saturated carbocycles. The molecule has 0 unspecified atom stereocenters. The molecular formula is C14H16BrNO5. The van der Waals surface area contributed by atoms with Gasteiger partial charge in [-0.2, -0.15) is 0 Å². The Morgan fingerprint density at radius 1 is 1.29 bits per heavy atom. The molecule has 0 radical (unpaired) electrons. The number of hydrogen-bond acceptors (Lipinski definition) is 6. The maximum atomic E-state index is 11.7. The van der Waals surface area contributed by atoms with Crippen LogP contribution in [0.4, 0.5) is 0 Å². The Bertz CT molecular complexity index is 526. The van der Waals surface area contributed by atoms with Crippen LogP contribution in [-0.4, -0.2) is 42.5 Å². The van der Waals surface area contributed by atoms with Crippen LogP contribution >= 0.6 is 15.9 Å². The van der Waals surface area contributed by atoms with Gasteiger partial charge in [0, 0.05) is 16.3 Å². The molecule has 0 aromatic heterocycles. The summed E-state index contributed by atoms with van der Waals surface area (Å²) in [5.74, 6) is -1.60. The number of aromatic hydroxyl groups is 1. The van der Waals surface area contributed by atoms with Gasteiger partial charge in [0.2, 0.25) is 6.04 Å². The third-order valence-corrected chi connectivity index (χ3v) is 2.87. The van der Waals surface area contributed by atoms with E-state index in [0.717, 1.165) is 4.47 Å². The number of phenolic OH excluding ortho intramolecular Hbond substituents is 1. The monoisotopic (exact) mass is 357 g/mol. The van der Waals surface area contributed by atoms with Crippen molar-refractivity contribution in [3.05, 3.63) is 28.2 Å². The van der Waals surface area contributed by atoms with E-state index in [2.05, 4.69) is 20.9 Å². The molecule has 7 heteroatoms. The second kappa shape index (κ2) is 8.41. The topological polar surface area (TPSA) is 85.2 Å². The quantitative estimate of drug-likeness (QED) is 0.478. The van der Waals surface area contributed by atoms with E-state index in [1.54, 1.807) is 26.0 Å². The van der Waals surface area contributed by atoms with E-state index in [-0.39, 0.29) is 19.0 Å². The van der Waals surface area contributed by atoms with Gasteiger partial charge in [0.25, 0.3) is 0 Å². The molecule has 0 aliphatic rings. The van der Waals surface area contributed by atoms with Gasteiger partial charge >= 0.3 is 11.9 Å². The van der Waals surface area contributed by atoms with Gasteiger partial charge in [0.1, 0.15) is 5.75 Å². The molecule has 0 saturated heterocycles. The van der Waals surface area contributed by atoms with Gasteiger partial charge in [0.05, 0.1) is 13.2 Å². The lowest BCUT2D eigenvalue weighted by Gasteiger charge is -2.10. The summed E-state index contributed by atoms with van der Waals surface area (Å²) in [5.41, 5.74) is 0.364. The number of aliphatic imine (C=N–C) groups is 1. The number of carbonyl (C=O) groups excluding carboxylic acids is 2. The number of benzene rings is 1. The van der Waals surface area contributed by atoms with Crippen LogP contribution in [0.1, 0.15) is 19.4 Å². The molecule has 6 nitrogen and oxygen atoms in total. The summed E-state index contributed by atoms with van der Waals surface area (Å²) in [7, 11) is 0. The predicted molar refractivity (Wildman–Crippen MR) is 80.5 cm³/mol. The molecular weight excluding hydrogens is 342 g/mol. The molecule has 0 amide bonds. The van der Waals surface area contributed by atoms with Crippen LogP contribution in [0.2, 0.25) is 0 Å². The molecule has 1 aromatic carbocycles. The average molecular weight is 358 g/mol. The second-order valence-corrected chi connectivity index (χ2v) is 4.80. The van der Waals surface area contributed by atoms with Crippen molar-refractivity contribution >= 4 is 34.1 Å². The van der Waals surface area contributed by atoms with Crippen LogP contribution < -0.4 is 0 Å². The Kier molecular flexibility index (Phi) is 6.87. The van der Waals surface area contributed by atoms with Gasteiger partial charge in [-0.1, -0.05) is 15.9 Å². The Morgan fingerprint density at radius 2 is 1.86 bits per heavy atom. The van der Waals surface area contributed by atoms with Crippen molar-refractivity contribution in [2.75, 3.05) is 13.2 Å². The summed E-state index contributed by atoms with van der Waals surface area (Å²) in [4.78, 5) is 27.3. The summed E-state index contributed by atoms with van der Waals surface area (Å²) in [5, 5.41) is 9.69. The first-order valence-electron chi connectivity index (χ1n) is 6.34. The van der Waals surface area contributed by atoms with E-state index in [1.807, 2.05) is 0 Å². The van der Waals surface area contributed by atoms with Gasteiger partial charge < -0.3 is 14.6 Å². The maximum absolute atomic E-state index is 11.7. The predicted octanol–water partition coefficient (Wildman–Crippen LogP) is 2.07. The number of rotatable bonds is 6. The highest BCUT2D eigenvalue weighted by atomic mass is 79.9. The van der Waals surface area contributed by atoms with Crippen molar-refractivity contribution in [1.82, 2.24) is 0 Å². The van der Waals surface area contributed by atoms with Crippen LogP contribution in [-0.2, 0) is 19.1 Å². The zero-order valence-electron chi connectivity index (χ0n) is 11.7. The summed E-state index contributed by atoms with van der Waals surface area (Å²) in [6, 6.07) is 3.32. The standard InChI is InChI=1S/C14H16BrNO5/c1-3-20-13(18)12(14(19)21-4-2)16-8-9-7-10(15)5-6-11(9)17/h5-8,12,17H,3-4H2,1-2H3. The van der Waals surface area contributed by atoms with E-state index in [1.165, 1.54) is 12.3 Å². The fourth-order valence-electron chi connectivity index (χ4n) is 1.44. The van der Waals surface area contributed by atoms with Crippen LogP contribution in [0.5, 0.6) is 5.75 Å². The molecule has 1 N–H and O–H groups in total. The first-order chi connectivity index (χ1) is 9.99. The molecule has 114 valence electrons. The molecule has 1 aromatic rings. The summed E-state index contributed by atoms with van der Waals surface area (Å²) < 4.78 is 10.3. The molecule has 0 aliphatic heterocycles. The number of nitrogens with zero attached hydrogens (tertiary/aromatic N) is 1. The number of ether oxygens (including phenoxy) is 2. The van der Waals surface area contributed by atoms with Gasteiger partial charge in [0.15, 0.2) is 0 Å². The van der Waals surface area contributed by atoms with Crippen LogP contribution in [0.25, 0.3) is 0 Å². The molecule has 21 heavy (non-hydrogen) atoms. The Hall–Kier alpha value is -1.89. The zero-order valence-corrected chi connectivity index (χ0v) is 13.3. The van der Waals surface area contributed by atoms with Crippen molar-refractivity contribution in [2.45, 2.75) is 19.9 Å². The smallest absolute Gasteiger partial charge is 0.342 e. The molecule has 0 atom stereocenters. The number of halogens is 1. The normalized spacial score (nSPS) is 10.9. The number of phenols is 1. The third kappa shape index (κ3) is 5.18. The fraction of sp³-hybridized carbons (Fsp3) is 0.357. The van der Waals surface area contributed by atoms with Gasteiger partial charge in [-0.3, -0.25) is 4.99 Å². The second-order valence-electron chi connectivity index (χ2n) is 3.89. The van der Waals surface area contributed by atoms with Gasteiger partial charge in [-0.15, -0.1) is 0 Å². The lowest BCUT2D eigenvalue weighted by atomic mass is 10.2. The lowest BCUT2D eigenvalue weighted by Crippen LogP contribution is -2.32. The highest BCUT2D eigenvalue weighted by molar-refractivity contribution is 9.10. The van der Waals surface area contributed by atoms with Gasteiger partial charge in [-0.05, 0) is 32.0 Å². The lowest BCUT2D eigenvalue weighted by molar-refractivity contribution is -0.156. The largest absolute Gasteiger partial charge is 0.507 e. The molecule has 1 rings (SSSR count). The highest BCUT2D eigenvalue weighted by Gasteiger charge is 2.28. The zero-order chi connectivity index (χ0) is 15.8. The summed E-state index contributed by atoms with van der Waals surface area (Å²) in [6.07, 6.45) is 1.23. The molecule has 0 heterocycles. The average Bonchev–Trinajstić information content (AvgIpc) is 2.43.